The van der Waals surface area contributed by atoms with Crippen molar-refractivity contribution in [1.82, 2.24) is 19.5 Å². The lowest BCUT2D eigenvalue weighted by Crippen LogP contribution is -2.23. The fourth-order valence-electron chi connectivity index (χ4n) is 2.75. The van der Waals surface area contributed by atoms with Gasteiger partial charge in [0.25, 0.3) is 0 Å². The second kappa shape index (κ2) is 7.97. The molecule has 0 aliphatic carbocycles. The van der Waals surface area contributed by atoms with Crippen molar-refractivity contribution in [1.29, 1.82) is 0 Å². The molecule has 0 saturated carbocycles. The minimum atomic E-state index is -3.96. The number of pyridine rings is 1. The van der Waals surface area contributed by atoms with Crippen LogP contribution >= 0.6 is 0 Å². The summed E-state index contributed by atoms with van der Waals surface area (Å²) in [5, 5.41) is 15.5. The Hall–Kier alpha value is -3.31. The predicted molar refractivity (Wildman–Crippen MR) is 105 cm³/mol. The van der Waals surface area contributed by atoms with Gasteiger partial charge in [-0.1, -0.05) is 6.07 Å². The second-order valence-electron chi connectivity index (χ2n) is 6.28. The number of rotatable bonds is 7. The van der Waals surface area contributed by atoms with Crippen molar-refractivity contribution in [3.63, 3.8) is 0 Å². The molecule has 29 heavy (non-hydrogen) atoms. The normalized spacial score (nSPS) is 11.4. The van der Waals surface area contributed by atoms with Gasteiger partial charge in [0, 0.05) is 24.5 Å². The number of nitrogens with one attached hydrogen (secondary N) is 1. The molecule has 3 rings (SSSR count). The number of ether oxygens (including phenoxy) is 1. The molecule has 2 aromatic heterocycles. The molecule has 1 aromatic carbocycles. The fraction of sp³-hybridized carbons (Fsp3) is 0.222. The van der Waals surface area contributed by atoms with E-state index in [4.69, 9.17) is 4.74 Å². The third-order valence-electron chi connectivity index (χ3n) is 4.16. The van der Waals surface area contributed by atoms with Crippen LogP contribution in [0.2, 0.25) is 0 Å². The summed E-state index contributed by atoms with van der Waals surface area (Å²) >= 11 is 0. The first-order chi connectivity index (χ1) is 13.7. The molecule has 0 saturated heterocycles. The summed E-state index contributed by atoms with van der Waals surface area (Å²) in [7, 11) is -2.69. The van der Waals surface area contributed by atoms with Crippen LogP contribution in [0.4, 0.5) is 5.69 Å². The van der Waals surface area contributed by atoms with Crippen molar-refractivity contribution < 1.29 is 18.1 Å². The Balaban J connectivity index is 1.76. The Morgan fingerprint density at radius 3 is 2.52 bits per heavy atom. The molecule has 1 N–H and O–H groups in total. The first-order valence-corrected chi connectivity index (χ1v) is 10.0. The SMILES string of the molecule is COc1ccc(S(=O)(=O)NCc2ccc(-n3nc(C)cc3C)nc2)cc1[N+](=O)[O-]. The quantitative estimate of drug-likeness (QED) is 0.461. The van der Waals surface area contributed by atoms with Gasteiger partial charge in [0.15, 0.2) is 11.6 Å². The Morgan fingerprint density at radius 1 is 1.21 bits per heavy atom. The molecular weight excluding hydrogens is 398 g/mol. The van der Waals surface area contributed by atoms with Crippen molar-refractivity contribution in [2.75, 3.05) is 7.11 Å². The van der Waals surface area contributed by atoms with Crippen molar-refractivity contribution in [2.24, 2.45) is 0 Å². The molecule has 0 amide bonds. The van der Waals surface area contributed by atoms with E-state index in [0.29, 0.717) is 11.4 Å². The topological polar surface area (TPSA) is 129 Å². The standard InChI is InChI=1S/C18H19N5O5S/c1-12-8-13(2)22(21-12)18-7-4-14(10-19-18)11-20-29(26,27)15-5-6-17(28-3)16(9-15)23(24)25/h4-10,20H,11H2,1-3H3. The average molecular weight is 417 g/mol. The number of sulfonamides is 1. The Morgan fingerprint density at radius 2 is 1.97 bits per heavy atom. The maximum atomic E-state index is 12.5. The zero-order chi connectivity index (χ0) is 21.2. The fourth-order valence-corrected chi connectivity index (χ4v) is 3.79. The van der Waals surface area contributed by atoms with Gasteiger partial charge >= 0.3 is 5.69 Å². The van der Waals surface area contributed by atoms with Crippen molar-refractivity contribution in [3.05, 3.63) is 69.7 Å². The molecule has 0 spiro atoms. The summed E-state index contributed by atoms with van der Waals surface area (Å²) in [6, 6.07) is 8.86. The van der Waals surface area contributed by atoms with E-state index in [1.807, 2.05) is 19.9 Å². The zero-order valence-electron chi connectivity index (χ0n) is 16.0. The maximum Gasteiger partial charge on any atom is 0.312 e. The second-order valence-corrected chi connectivity index (χ2v) is 8.05. The van der Waals surface area contributed by atoms with Crippen LogP contribution in [-0.2, 0) is 16.6 Å². The number of hydrogen-bond donors (Lipinski definition) is 1. The molecule has 2 heterocycles. The Labute approximate surface area is 167 Å². The lowest BCUT2D eigenvalue weighted by Gasteiger charge is -2.09. The number of nitro benzene ring substituents is 1. The van der Waals surface area contributed by atoms with Crippen LogP contribution in [-0.4, -0.2) is 35.2 Å². The largest absolute Gasteiger partial charge is 0.490 e. The molecule has 10 nitrogen and oxygen atoms in total. The number of nitrogens with zero attached hydrogens (tertiary/aromatic N) is 4. The van der Waals surface area contributed by atoms with Gasteiger partial charge in [-0.25, -0.2) is 22.8 Å². The summed E-state index contributed by atoms with van der Waals surface area (Å²) in [6.07, 6.45) is 1.55. The van der Waals surface area contributed by atoms with Crippen LogP contribution in [0.5, 0.6) is 5.75 Å². The molecule has 0 aliphatic heterocycles. The van der Waals surface area contributed by atoms with Gasteiger partial charge in [0.1, 0.15) is 0 Å². The lowest BCUT2D eigenvalue weighted by atomic mass is 10.3. The van der Waals surface area contributed by atoms with Gasteiger partial charge in [-0.3, -0.25) is 10.1 Å². The first kappa shape index (κ1) is 20.4. The predicted octanol–water partition coefficient (Wildman–Crippen LogP) is 2.28. The van der Waals surface area contributed by atoms with Crippen LogP contribution in [0.3, 0.4) is 0 Å². The molecule has 11 heteroatoms. The molecule has 0 radical (unpaired) electrons. The highest BCUT2D eigenvalue weighted by atomic mass is 32.2. The van der Waals surface area contributed by atoms with E-state index in [2.05, 4.69) is 14.8 Å². The van der Waals surface area contributed by atoms with Gasteiger partial charge in [-0.15, -0.1) is 0 Å². The van der Waals surface area contributed by atoms with Crippen LogP contribution in [0.1, 0.15) is 17.0 Å². The lowest BCUT2D eigenvalue weighted by molar-refractivity contribution is -0.386. The van der Waals surface area contributed by atoms with Gasteiger partial charge in [-0.2, -0.15) is 5.10 Å². The highest BCUT2D eigenvalue weighted by Gasteiger charge is 2.21. The monoisotopic (exact) mass is 417 g/mol. The molecule has 0 aliphatic rings. The zero-order valence-corrected chi connectivity index (χ0v) is 16.8. The van der Waals surface area contributed by atoms with Crippen molar-refractivity contribution >= 4 is 15.7 Å². The minimum Gasteiger partial charge on any atom is -0.490 e. The molecule has 0 unspecified atom stereocenters. The van der Waals surface area contributed by atoms with Gasteiger partial charge in [-0.05, 0) is 43.7 Å². The third-order valence-corrected chi connectivity index (χ3v) is 5.56. The number of aromatic nitrogens is 3. The highest BCUT2D eigenvalue weighted by Crippen LogP contribution is 2.29. The maximum absolute atomic E-state index is 12.5. The van der Waals surface area contributed by atoms with E-state index < -0.39 is 20.6 Å². The van der Waals surface area contributed by atoms with Crippen LogP contribution < -0.4 is 9.46 Å². The molecular formula is C18H19N5O5S. The van der Waals surface area contributed by atoms with E-state index in [0.717, 1.165) is 17.5 Å². The van der Waals surface area contributed by atoms with Crippen LogP contribution in [0.15, 0.2) is 47.5 Å². The number of benzene rings is 1. The number of hydrogen-bond acceptors (Lipinski definition) is 7. The summed E-state index contributed by atoms with van der Waals surface area (Å²) in [4.78, 5) is 14.5. The molecule has 0 atom stereocenters. The summed E-state index contributed by atoms with van der Waals surface area (Å²) in [5.74, 6) is 0.603. The highest BCUT2D eigenvalue weighted by molar-refractivity contribution is 7.89. The summed E-state index contributed by atoms with van der Waals surface area (Å²) < 4.78 is 34.0. The molecule has 152 valence electrons. The van der Waals surface area contributed by atoms with Gasteiger partial charge in [0.2, 0.25) is 10.0 Å². The van der Waals surface area contributed by atoms with Crippen molar-refractivity contribution in [2.45, 2.75) is 25.3 Å². The minimum absolute atomic E-state index is 0.0158. The van der Waals surface area contributed by atoms with E-state index >= 15 is 0 Å². The van der Waals surface area contributed by atoms with E-state index in [9.17, 15) is 18.5 Å². The third kappa shape index (κ3) is 4.41. The van der Waals surface area contributed by atoms with Gasteiger partial charge in [0.05, 0.1) is 22.6 Å². The van der Waals surface area contributed by atoms with E-state index in [1.54, 1.807) is 23.0 Å². The van der Waals surface area contributed by atoms with Crippen molar-refractivity contribution in [3.8, 4) is 11.6 Å². The van der Waals surface area contributed by atoms with Gasteiger partial charge < -0.3 is 4.74 Å². The average Bonchev–Trinajstić information content (AvgIpc) is 3.04. The number of aryl methyl sites for hydroxylation is 2. The summed E-state index contributed by atoms with van der Waals surface area (Å²) in [6.45, 7) is 3.78. The Kier molecular flexibility index (Phi) is 5.62. The number of nitro groups is 1. The van der Waals surface area contributed by atoms with E-state index in [-0.39, 0.29) is 17.2 Å². The first-order valence-electron chi connectivity index (χ1n) is 8.52. The van der Waals surface area contributed by atoms with Crippen LogP contribution in [0.25, 0.3) is 5.82 Å². The molecule has 0 bridgehead atoms. The Bertz CT molecular complexity index is 1160. The van der Waals surface area contributed by atoms with Crippen LogP contribution in [0, 0.1) is 24.0 Å². The molecule has 0 fully saturated rings. The van der Waals surface area contributed by atoms with E-state index in [1.165, 1.54) is 19.2 Å². The molecule has 3 aromatic rings. The summed E-state index contributed by atoms with van der Waals surface area (Å²) in [5.41, 5.74) is 2.01. The number of methoxy groups -OCH3 is 1. The smallest absolute Gasteiger partial charge is 0.312 e.